The highest BCUT2D eigenvalue weighted by Gasteiger charge is 2.32. The molecule has 486 valence electrons. The lowest BCUT2D eigenvalue weighted by molar-refractivity contribution is -0.132. The number of pyridine rings is 1. The summed E-state index contributed by atoms with van der Waals surface area (Å²) in [5.41, 5.74) is 17.8. The van der Waals surface area contributed by atoms with Gasteiger partial charge in [-0.2, -0.15) is 0 Å². The fourth-order valence-corrected chi connectivity index (χ4v) is 10.3. The number of nitrogens with one attached hydrogen (secondary N) is 7. The van der Waals surface area contributed by atoms with Crippen LogP contribution < -0.4 is 48.7 Å². The number of nitrogens with two attached hydrogens (primary N) is 2. The lowest BCUT2D eigenvalue weighted by atomic mass is 10.0. The molecule has 3 heterocycles. The number of fused-ring (bicyclic) bond motifs is 2. The summed E-state index contributed by atoms with van der Waals surface area (Å²) in [7, 11) is 0. The van der Waals surface area contributed by atoms with Gasteiger partial charge >= 0.3 is 12.1 Å². The van der Waals surface area contributed by atoms with E-state index in [1.54, 1.807) is 80.7 Å². The monoisotopic (exact) mass is 1250 g/mol. The van der Waals surface area contributed by atoms with Gasteiger partial charge in [0.1, 0.15) is 24.5 Å². The van der Waals surface area contributed by atoms with Crippen molar-refractivity contribution in [2.45, 2.75) is 156 Å². The summed E-state index contributed by atoms with van der Waals surface area (Å²) >= 11 is 0. The number of rotatable bonds is 33. The Bertz CT molecular complexity index is 3190. The number of aliphatic imine (C=N–C) groups is 1. The second kappa shape index (κ2) is 34.8. The van der Waals surface area contributed by atoms with Crippen molar-refractivity contribution >= 4 is 76.5 Å². The summed E-state index contributed by atoms with van der Waals surface area (Å²) in [4.78, 5) is 117. The largest absolute Gasteiger partial charge is 0.445 e. The second-order valence-corrected chi connectivity index (χ2v) is 23.7. The van der Waals surface area contributed by atoms with E-state index in [-0.39, 0.29) is 73.9 Å². The van der Waals surface area contributed by atoms with Crippen LogP contribution in [0.15, 0.2) is 89.6 Å². The molecule has 0 spiro atoms. The Morgan fingerprint density at radius 2 is 1.43 bits per heavy atom. The van der Waals surface area contributed by atoms with Gasteiger partial charge in [-0.25, -0.2) is 23.4 Å². The molecule has 9 amide bonds. The van der Waals surface area contributed by atoms with Crippen molar-refractivity contribution in [2.24, 2.45) is 28.3 Å². The zero-order chi connectivity index (χ0) is 65.3. The topological polar surface area (TPSA) is 314 Å². The van der Waals surface area contributed by atoms with Crippen molar-refractivity contribution in [3.63, 3.8) is 0 Å². The number of amides is 9. The number of halogens is 2. The number of alkyl carbamates (subject to hydrolysis) is 1. The van der Waals surface area contributed by atoms with Gasteiger partial charge in [-0.1, -0.05) is 97.6 Å². The molecule has 6 rings (SSSR count). The van der Waals surface area contributed by atoms with Gasteiger partial charge in [0.2, 0.25) is 23.6 Å². The highest BCUT2D eigenvalue weighted by Crippen LogP contribution is 2.30. The first-order valence-corrected chi connectivity index (χ1v) is 31.2. The zero-order valence-corrected chi connectivity index (χ0v) is 52.6. The normalized spacial score (nSPS) is 13.7. The number of primary amides is 1. The molecular weight excluding hydrogens is 1160 g/mol. The number of carbonyl (C=O) groups is 8. The number of nitrogens with zero attached hydrogens (tertiary/aromatic N) is 4. The highest BCUT2D eigenvalue weighted by molar-refractivity contribution is 6.08. The summed E-state index contributed by atoms with van der Waals surface area (Å²) in [5, 5.41) is 18.0. The van der Waals surface area contributed by atoms with Crippen molar-refractivity contribution in [1.82, 2.24) is 41.4 Å². The Balaban J connectivity index is 0.917. The molecule has 0 radical (unpaired) electrons. The molecule has 0 saturated carbocycles. The van der Waals surface area contributed by atoms with E-state index in [1.165, 1.54) is 12.1 Å². The number of aromatic nitrogens is 1. The van der Waals surface area contributed by atoms with E-state index in [9.17, 15) is 47.1 Å². The molecule has 2 aliphatic rings. The zero-order valence-electron chi connectivity index (χ0n) is 52.6. The fourth-order valence-electron chi connectivity index (χ4n) is 10.3. The first-order valence-electron chi connectivity index (χ1n) is 31.2. The quantitative estimate of drug-likeness (QED) is 0.0203. The van der Waals surface area contributed by atoms with Crippen molar-refractivity contribution in [2.75, 3.05) is 49.9 Å². The van der Waals surface area contributed by atoms with Crippen LogP contribution in [0.2, 0.25) is 0 Å². The number of ether oxygens (including phenoxy) is 1. The first kappa shape index (κ1) is 70.3. The van der Waals surface area contributed by atoms with E-state index in [4.69, 9.17) is 16.2 Å². The van der Waals surface area contributed by atoms with E-state index in [1.807, 2.05) is 30.1 Å². The predicted molar refractivity (Wildman–Crippen MR) is 343 cm³/mol. The molecule has 22 nitrogen and oxygen atoms in total. The fraction of sp³-hybridized carbons (Fsp3) is 0.485. The minimum absolute atomic E-state index is 0.0736. The average molecular weight is 1250 g/mol. The maximum atomic E-state index is 15.0. The molecule has 90 heavy (non-hydrogen) atoms. The minimum Gasteiger partial charge on any atom is -0.445 e. The third-order valence-electron chi connectivity index (χ3n) is 15.2. The Kier molecular flexibility index (Phi) is 27.2. The minimum atomic E-state index is -3.54. The van der Waals surface area contributed by atoms with Crippen LogP contribution in [0.4, 0.5) is 35.4 Å². The van der Waals surface area contributed by atoms with E-state index >= 15 is 0 Å². The van der Waals surface area contributed by atoms with Crippen LogP contribution >= 0.6 is 0 Å². The Labute approximate surface area is 525 Å². The molecule has 2 atom stereocenters. The smallest absolute Gasteiger partial charge is 0.407 e. The number of hydrogen-bond donors (Lipinski definition) is 9. The molecule has 4 aromatic rings. The van der Waals surface area contributed by atoms with Crippen LogP contribution in [0.3, 0.4) is 0 Å². The highest BCUT2D eigenvalue weighted by atomic mass is 19.3. The second-order valence-electron chi connectivity index (χ2n) is 23.7. The van der Waals surface area contributed by atoms with Crippen molar-refractivity contribution in [1.29, 1.82) is 0 Å². The standard InChI is InChI=1S/C66H89F2N13O9/c1-7-29-81(30-8-2)63(87)49-32-47-23-24-48(34-55(47)77-56(69)35-49)60(84)76-52-33-50-38-80(31-27-53(50)72-36-52)37-44-17-21-46(22-18-44)59(83)73-40-66(67,68)41-74-65(89)90-39-45-19-25-51(26-20-45)75-61(85)54(15-13-28-71-64(70)88)78-62(86)58(43(5)6)79-57(82)16-12-10-9-11-14-42(3)4/h17-26,32-34,36,42-43,54,58H,7-16,27-31,35,37-41H2,1-6H3,(H2,69,77)(H,73,83)(H,74,89)(H,75,85)(H,76,84)(H,78,86)(H,79,82)(H3,70,71,88). The predicted octanol–water partition coefficient (Wildman–Crippen LogP) is 8.62. The molecule has 24 heteroatoms. The molecule has 0 saturated heterocycles. The molecule has 3 aromatic carbocycles. The number of urea groups is 1. The van der Waals surface area contributed by atoms with Gasteiger partial charge in [-0.15, -0.1) is 0 Å². The van der Waals surface area contributed by atoms with Gasteiger partial charge in [0.25, 0.3) is 17.7 Å². The molecule has 2 unspecified atom stereocenters. The van der Waals surface area contributed by atoms with E-state index in [0.717, 1.165) is 55.3 Å². The van der Waals surface area contributed by atoms with E-state index in [2.05, 4.69) is 60.6 Å². The Hall–Kier alpha value is -8.80. The number of hydrogen-bond acceptors (Lipinski definition) is 13. The SMILES string of the molecule is CCCN(CCC)C(=O)C1=Cc2ccc(C(=O)Nc3cnc4c(c3)CN(Cc3ccc(C(=O)NCC(F)(F)CNC(=O)OCc5ccc(NC(=O)C(CCCNC(N)=O)NC(=O)C(NC(=O)CCCCCCC(C)C)C(C)C)cc5)cc3)CC4)cc2N=C(N)C1. The average Bonchev–Trinajstić information content (AvgIpc) is 2.56. The number of amidine groups is 1. The van der Waals surface area contributed by atoms with Gasteiger partial charge in [0, 0.05) is 92.2 Å². The number of benzene rings is 3. The Morgan fingerprint density at radius 1 is 0.744 bits per heavy atom. The Morgan fingerprint density at radius 3 is 2.12 bits per heavy atom. The number of alkyl halides is 2. The lowest BCUT2D eigenvalue weighted by Gasteiger charge is -2.28. The maximum absolute atomic E-state index is 15.0. The van der Waals surface area contributed by atoms with Crippen LogP contribution in [-0.4, -0.2) is 125 Å². The van der Waals surface area contributed by atoms with Crippen LogP contribution in [0, 0.1) is 11.8 Å². The van der Waals surface area contributed by atoms with Crippen molar-refractivity contribution in [3.8, 4) is 0 Å². The summed E-state index contributed by atoms with van der Waals surface area (Å²) in [6.07, 6.45) is 10.4. The molecule has 2 aliphatic heterocycles. The van der Waals surface area contributed by atoms with Crippen molar-refractivity contribution in [3.05, 3.63) is 124 Å². The van der Waals surface area contributed by atoms with Crippen molar-refractivity contribution < 1.29 is 51.9 Å². The molecule has 0 bridgehead atoms. The van der Waals surface area contributed by atoms with E-state index < -0.39 is 60.9 Å². The van der Waals surface area contributed by atoms with Gasteiger partial charge in [-0.3, -0.25) is 38.7 Å². The lowest BCUT2D eigenvalue weighted by Crippen LogP contribution is -2.54. The van der Waals surface area contributed by atoms with Gasteiger partial charge in [0.05, 0.1) is 30.7 Å². The molecule has 0 fully saturated rings. The third kappa shape index (κ3) is 23.0. The maximum Gasteiger partial charge on any atom is 0.407 e. The number of carbonyl (C=O) groups excluding carboxylic acids is 8. The van der Waals surface area contributed by atoms with Crippen LogP contribution in [0.5, 0.6) is 0 Å². The van der Waals surface area contributed by atoms with Crippen LogP contribution in [-0.2, 0) is 50.0 Å². The summed E-state index contributed by atoms with van der Waals surface area (Å²) in [6, 6.07) is 17.0. The molecule has 1 aromatic heterocycles. The molecular formula is C66H89F2N13O9. The molecule has 0 aliphatic carbocycles. The molecule has 11 N–H and O–H groups in total. The number of unbranched alkanes of at least 4 members (excludes halogenated alkanes) is 3. The van der Waals surface area contributed by atoms with Crippen LogP contribution in [0.25, 0.3) is 6.08 Å². The summed E-state index contributed by atoms with van der Waals surface area (Å²) < 4.78 is 35.1. The summed E-state index contributed by atoms with van der Waals surface area (Å²) in [6.45, 7) is 12.7. The first-order chi connectivity index (χ1) is 43.0. The van der Waals surface area contributed by atoms with Gasteiger partial charge in [0.15, 0.2) is 0 Å². The summed E-state index contributed by atoms with van der Waals surface area (Å²) in [5.74, 6) is -5.46. The van der Waals surface area contributed by atoms with E-state index in [0.29, 0.717) is 90.8 Å². The van der Waals surface area contributed by atoms with Crippen LogP contribution in [0.1, 0.15) is 161 Å². The van der Waals surface area contributed by atoms with Gasteiger partial charge in [-0.05, 0) is 109 Å². The number of anilines is 2. The third-order valence-corrected chi connectivity index (χ3v) is 15.2. The van der Waals surface area contributed by atoms with Gasteiger partial charge < -0.3 is 58.3 Å².